The highest BCUT2D eigenvalue weighted by molar-refractivity contribution is 7.19. The molecule has 0 radical (unpaired) electrons. The van der Waals surface area contributed by atoms with Gasteiger partial charge in [-0.1, -0.05) is 23.5 Å². The van der Waals surface area contributed by atoms with E-state index in [1.165, 1.54) is 23.5 Å². The molecule has 0 bridgehead atoms. The molecule has 4 aromatic rings. The smallest absolute Gasteiger partial charge is 0.181 e. The van der Waals surface area contributed by atoms with Gasteiger partial charge in [0.05, 0.1) is 10.6 Å². The molecule has 3 aromatic heterocycles. The van der Waals surface area contributed by atoms with Crippen molar-refractivity contribution in [2.75, 3.05) is 5.73 Å². The average Bonchev–Trinajstić information content (AvgIpc) is 3.12. The van der Waals surface area contributed by atoms with Gasteiger partial charge in [-0.25, -0.2) is 14.4 Å². The summed E-state index contributed by atoms with van der Waals surface area (Å²) in [6.07, 6.45) is 5.59. The standard InChI is InChI=1S/C16H11FN4S/c17-12-3-1-2-10(8-12)14-15(22-16(18)20-14)11-4-5-13-19-6-7-21(13)9-11/h1-9H,(H2,18,20). The van der Waals surface area contributed by atoms with E-state index in [-0.39, 0.29) is 5.82 Å². The number of nitrogens with two attached hydrogens (primary N) is 1. The molecule has 0 spiro atoms. The maximum Gasteiger partial charge on any atom is 0.181 e. The Labute approximate surface area is 129 Å². The summed E-state index contributed by atoms with van der Waals surface area (Å²) in [5.41, 5.74) is 9.13. The molecule has 2 N–H and O–H groups in total. The van der Waals surface area contributed by atoms with E-state index in [0.29, 0.717) is 16.4 Å². The molecule has 0 aliphatic carbocycles. The summed E-state index contributed by atoms with van der Waals surface area (Å²) in [7, 11) is 0. The number of thiazole rings is 1. The van der Waals surface area contributed by atoms with Gasteiger partial charge in [0.15, 0.2) is 5.13 Å². The molecule has 0 atom stereocenters. The van der Waals surface area contributed by atoms with Gasteiger partial charge in [0, 0.05) is 29.7 Å². The minimum absolute atomic E-state index is 0.292. The summed E-state index contributed by atoms with van der Waals surface area (Å²) in [6, 6.07) is 10.3. The summed E-state index contributed by atoms with van der Waals surface area (Å²) >= 11 is 1.39. The van der Waals surface area contributed by atoms with Crippen LogP contribution in [0, 0.1) is 5.82 Å². The van der Waals surface area contributed by atoms with Crippen molar-refractivity contribution in [1.29, 1.82) is 0 Å². The summed E-state index contributed by atoms with van der Waals surface area (Å²) in [5.74, 6) is -0.292. The predicted molar refractivity (Wildman–Crippen MR) is 86.1 cm³/mol. The SMILES string of the molecule is Nc1nc(-c2cccc(F)c2)c(-c2ccc3nccn3c2)s1. The van der Waals surface area contributed by atoms with Gasteiger partial charge in [0.25, 0.3) is 0 Å². The van der Waals surface area contributed by atoms with Crippen LogP contribution in [0.25, 0.3) is 27.3 Å². The third-order valence-corrected chi connectivity index (χ3v) is 4.33. The lowest BCUT2D eigenvalue weighted by molar-refractivity contribution is 0.628. The number of fused-ring (bicyclic) bond motifs is 1. The maximum atomic E-state index is 13.5. The Morgan fingerprint density at radius 2 is 2.05 bits per heavy atom. The average molecular weight is 310 g/mol. The van der Waals surface area contributed by atoms with E-state index in [2.05, 4.69) is 9.97 Å². The molecule has 4 rings (SSSR count). The summed E-state index contributed by atoms with van der Waals surface area (Å²) in [6.45, 7) is 0. The van der Waals surface area contributed by atoms with Crippen molar-refractivity contribution >= 4 is 22.1 Å². The molecule has 0 amide bonds. The molecule has 4 nitrogen and oxygen atoms in total. The van der Waals surface area contributed by atoms with E-state index in [1.807, 2.05) is 35.0 Å². The van der Waals surface area contributed by atoms with Crippen molar-refractivity contribution in [2.45, 2.75) is 0 Å². The highest BCUT2D eigenvalue weighted by Gasteiger charge is 2.14. The number of rotatable bonds is 2. The third-order valence-electron chi connectivity index (χ3n) is 3.39. The zero-order chi connectivity index (χ0) is 15.1. The number of hydrogen-bond donors (Lipinski definition) is 1. The number of nitrogen functional groups attached to an aromatic ring is 1. The van der Waals surface area contributed by atoms with E-state index < -0.39 is 0 Å². The first-order valence-electron chi connectivity index (χ1n) is 6.66. The van der Waals surface area contributed by atoms with Crippen molar-refractivity contribution in [3.05, 3.63) is 60.8 Å². The van der Waals surface area contributed by atoms with Crippen molar-refractivity contribution in [3.63, 3.8) is 0 Å². The molecule has 108 valence electrons. The second kappa shape index (κ2) is 4.92. The molecule has 0 saturated carbocycles. The molecule has 22 heavy (non-hydrogen) atoms. The van der Waals surface area contributed by atoms with Gasteiger partial charge in [-0.05, 0) is 24.3 Å². The number of imidazole rings is 1. The number of halogens is 1. The number of aromatic nitrogens is 3. The lowest BCUT2D eigenvalue weighted by atomic mass is 10.1. The first-order chi connectivity index (χ1) is 10.7. The normalized spacial score (nSPS) is 11.1. The molecule has 6 heteroatoms. The highest BCUT2D eigenvalue weighted by atomic mass is 32.1. The van der Waals surface area contributed by atoms with Gasteiger partial charge in [0.1, 0.15) is 11.5 Å². The zero-order valence-electron chi connectivity index (χ0n) is 11.4. The number of anilines is 1. The quantitative estimate of drug-likeness (QED) is 0.612. The molecule has 0 aliphatic rings. The van der Waals surface area contributed by atoms with Gasteiger partial charge in [-0.15, -0.1) is 0 Å². The van der Waals surface area contributed by atoms with Gasteiger partial charge in [-0.2, -0.15) is 0 Å². The minimum Gasteiger partial charge on any atom is -0.375 e. The van der Waals surface area contributed by atoms with Gasteiger partial charge in [-0.3, -0.25) is 0 Å². The van der Waals surface area contributed by atoms with Crippen LogP contribution in [0.15, 0.2) is 55.0 Å². The Hall–Kier alpha value is -2.73. The Morgan fingerprint density at radius 1 is 1.14 bits per heavy atom. The topological polar surface area (TPSA) is 56.2 Å². The van der Waals surface area contributed by atoms with Gasteiger partial charge < -0.3 is 10.1 Å². The molecule has 1 aromatic carbocycles. The van der Waals surface area contributed by atoms with Crippen LogP contribution in [0.3, 0.4) is 0 Å². The van der Waals surface area contributed by atoms with Crippen LogP contribution in [0.5, 0.6) is 0 Å². The van der Waals surface area contributed by atoms with E-state index in [9.17, 15) is 4.39 Å². The fraction of sp³-hybridized carbons (Fsp3) is 0. The maximum absolute atomic E-state index is 13.5. The van der Waals surface area contributed by atoms with E-state index in [1.54, 1.807) is 12.3 Å². The van der Waals surface area contributed by atoms with Gasteiger partial charge in [0.2, 0.25) is 0 Å². The summed E-state index contributed by atoms with van der Waals surface area (Å²) in [4.78, 5) is 9.51. The fourth-order valence-corrected chi connectivity index (χ4v) is 3.26. The van der Waals surface area contributed by atoms with Crippen LogP contribution >= 0.6 is 11.3 Å². The zero-order valence-corrected chi connectivity index (χ0v) is 12.2. The van der Waals surface area contributed by atoms with Crippen molar-refractivity contribution in [3.8, 4) is 21.7 Å². The number of benzene rings is 1. The minimum atomic E-state index is -0.292. The van der Waals surface area contributed by atoms with Crippen LogP contribution in [-0.2, 0) is 0 Å². The Bertz CT molecular complexity index is 973. The second-order valence-corrected chi connectivity index (χ2v) is 5.88. The molecular weight excluding hydrogens is 299 g/mol. The number of nitrogens with zero attached hydrogens (tertiary/aromatic N) is 3. The Balaban J connectivity index is 1.91. The van der Waals surface area contributed by atoms with Crippen molar-refractivity contribution in [1.82, 2.24) is 14.4 Å². The molecule has 3 heterocycles. The molecule has 0 fully saturated rings. The summed E-state index contributed by atoms with van der Waals surface area (Å²) in [5, 5.41) is 0.458. The summed E-state index contributed by atoms with van der Waals surface area (Å²) < 4.78 is 15.4. The molecule has 0 unspecified atom stereocenters. The number of pyridine rings is 1. The monoisotopic (exact) mass is 310 g/mol. The lowest BCUT2D eigenvalue weighted by Crippen LogP contribution is -1.87. The van der Waals surface area contributed by atoms with E-state index in [0.717, 1.165) is 16.1 Å². The van der Waals surface area contributed by atoms with Gasteiger partial charge >= 0.3 is 0 Å². The first kappa shape index (κ1) is 13.0. The van der Waals surface area contributed by atoms with Crippen molar-refractivity contribution in [2.24, 2.45) is 0 Å². The van der Waals surface area contributed by atoms with Crippen LogP contribution in [0.1, 0.15) is 0 Å². The molecule has 0 saturated heterocycles. The first-order valence-corrected chi connectivity index (χ1v) is 7.48. The Morgan fingerprint density at radius 3 is 2.91 bits per heavy atom. The van der Waals surface area contributed by atoms with E-state index >= 15 is 0 Å². The lowest BCUT2D eigenvalue weighted by Gasteiger charge is -2.04. The molecule has 0 aliphatic heterocycles. The fourth-order valence-electron chi connectivity index (χ4n) is 2.42. The van der Waals surface area contributed by atoms with Crippen LogP contribution in [0.4, 0.5) is 9.52 Å². The largest absolute Gasteiger partial charge is 0.375 e. The predicted octanol–water partition coefficient (Wildman–Crippen LogP) is 3.85. The number of hydrogen-bond acceptors (Lipinski definition) is 4. The second-order valence-electron chi connectivity index (χ2n) is 4.85. The van der Waals surface area contributed by atoms with Crippen LogP contribution in [0.2, 0.25) is 0 Å². The third kappa shape index (κ3) is 2.14. The molecular formula is C16H11FN4S. The van der Waals surface area contributed by atoms with Crippen LogP contribution in [-0.4, -0.2) is 14.4 Å². The Kier molecular flexibility index (Phi) is 2.90. The highest BCUT2D eigenvalue weighted by Crippen LogP contribution is 2.38. The van der Waals surface area contributed by atoms with Crippen LogP contribution < -0.4 is 5.73 Å². The van der Waals surface area contributed by atoms with E-state index in [4.69, 9.17) is 5.73 Å². The van der Waals surface area contributed by atoms with Crippen molar-refractivity contribution < 1.29 is 4.39 Å².